The second-order valence-corrected chi connectivity index (χ2v) is 8.44. The molecule has 0 fully saturated rings. The summed E-state index contributed by atoms with van der Waals surface area (Å²) in [5.41, 5.74) is -0.835. The number of nitrogens with zero attached hydrogens (tertiary/aromatic N) is 3. The number of hydrogen-bond acceptors (Lipinski definition) is 11. The van der Waals surface area contributed by atoms with Crippen LogP contribution in [0.4, 0.5) is 10.1 Å². The Hall–Kier alpha value is -3.78. The van der Waals surface area contributed by atoms with Crippen LogP contribution >= 0.6 is 0 Å². The highest BCUT2D eigenvalue weighted by Gasteiger charge is 2.36. The number of ether oxygens (including phenoxy) is 4. The second kappa shape index (κ2) is 9.38. The van der Waals surface area contributed by atoms with Gasteiger partial charge in [0.05, 0.1) is 24.7 Å². The number of hydrogen-bond donors (Lipinski definition) is 0. The first-order chi connectivity index (χ1) is 15.6. The molecule has 1 aromatic heterocycles. The lowest BCUT2D eigenvalue weighted by molar-refractivity contribution is -0.388. The largest absolute Gasteiger partial charge is 0.493 e. The number of rotatable bonds is 9. The molecule has 0 N–H and O–H groups in total. The van der Waals surface area contributed by atoms with Crippen LogP contribution in [-0.4, -0.2) is 57.9 Å². The van der Waals surface area contributed by atoms with Gasteiger partial charge in [-0.1, -0.05) is 5.16 Å². The smallest absolute Gasteiger partial charge is 0.334 e. The van der Waals surface area contributed by atoms with Gasteiger partial charge in [0.25, 0.3) is 5.89 Å². The van der Waals surface area contributed by atoms with Crippen molar-refractivity contribution in [3.8, 4) is 40.1 Å². The molecule has 0 amide bonds. The predicted molar refractivity (Wildman–Crippen MR) is 111 cm³/mol. The van der Waals surface area contributed by atoms with E-state index in [0.717, 1.165) is 19.4 Å². The monoisotopic (exact) mass is 483 g/mol. The zero-order chi connectivity index (χ0) is 24.3. The molecule has 0 spiro atoms. The van der Waals surface area contributed by atoms with Crippen molar-refractivity contribution in [3.05, 3.63) is 40.2 Å². The van der Waals surface area contributed by atoms with Crippen molar-refractivity contribution < 1.29 is 41.2 Å². The first kappa shape index (κ1) is 23.9. The molecule has 0 aliphatic heterocycles. The Morgan fingerprint density at radius 1 is 1.15 bits per heavy atom. The number of benzene rings is 2. The van der Waals surface area contributed by atoms with Crippen molar-refractivity contribution in [2.45, 2.75) is 4.90 Å². The van der Waals surface area contributed by atoms with Gasteiger partial charge in [0.2, 0.25) is 11.6 Å². The first-order valence-electron chi connectivity index (χ1n) is 9.01. The van der Waals surface area contributed by atoms with Crippen LogP contribution in [0.15, 0.2) is 33.7 Å². The molecule has 0 aliphatic rings. The molecule has 0 radical (unpaired) electrons. The van der Waals surface area contributed by atoms with Gasteiger partial charge in [0.15, 0.2) is 38.8 Å². The average Bonchev–Trinajstić information content (AvgIpc) is 3.26. The topological polar surface area (TPSA) is 153 Å². The SMILES string of the molecule is COCOc1cc(-c2noc(-c3cc(OC)c(OC)c([N+](=O)[O-])c3S(C)(=O)=O)n2)ccc1F. The van der Waals surface area contributed by atoms with E-state index in [1.807, 2.05) is 0 Å². The van der Waals surface area contributed by atoms with Crippen LogP contribution in [0.2, 0.25) is 0 Å². The number of methoxy groups -OCH3 is 3. The van der Waals surface area contributed by atoms with E-state index in [1.165, 1.54) is 32.4 Å². The van der Waals surface area contributed by atoms with E-state index in [-0.39, 0.29) is 46.9 Å². The molecular formula is C19H18FN3O9S. The molecular weight excluding hydrogens is 465 g/mol. The fourth-order valence-electron chi connectivity index (χ4n) is 2.98. The predicted octanol–water partition coefficient (Wildman–Crippen LogP) is 2.85. The van der Waals surface area contributed by atoms with Crippen molar-refractivity contribution in [2.24, 2.45) is 0 Å². The third-order valence-corrected chi connectivity index (χ3v) is 5.48. The summed E-state index contributed by atoms with van der Waals surface area (Å²) in [6.45, 7) is -0.203. The molecule has 3 rings (SSSR count). The third kappa shape index (κ3) is 4.70. The quantitative estimate of drug-likeness (QED) is 0.251. The standard InChI is InChI=1S/C19H18FN3O9S/c1-28-9-31-13-7-10(5-6-12(13)20)18-21-19(32-22-18)11-8-14(29-2)16(30-3)15(23(24)25)17(11)33(4,26)27/h5-8H,9H2,1-4H3. The van der Waals surface area contributed by atoms with Crippen molar-refractivity contribution in [3.63, 3.8) is 0 Å². The summed E-state index contributed by atoms with van der Waals surface area (Å²) < 4.78 is 64.2. The van der Waals surface area contributed by atoms with Crippen molar-refractivity contribution >= 4 is 15.5 Å². The van der Waals surface area contributed by atoms with Gasteiger partial charge in [0, 0.05) is 18.9 Å². The maximum Gasteiger partial charge on any atom is 0.334 e. The second-order valence-electron chi connectivity index (χ2n) is 6.49. The Kier molecular flexibility index (Phi) is 6.78. The van der Waals surface area contributed by atoms with E-state index in [0.29, 0.717) is 0 Å². The van der Waals surface area contributed by atoms with E-state index >= 15 is 0 Å². The molecule has 2 aromatic carbocycles. The van der Waals surface area contributed by atoms with Gasteiger partial charge < -0.3 is 23.5 Å². The van der Waals surface area contributed by atoms with Crippen LogP contribution in [0, 0.1) is 15.9 Å². The highest BCUT2D eigenvalue weighted by atomic mass is 32.2. The molecule has 0 unspecified atom stereocenters. The molecule has 176 valence electrons. The minimum Gasteiger partial charge on any atom is -0.493 e. The van der Waals surface area contributed by atoms with Gasteiger partial charge in [-0.3, -0.25) is 10.1 Å². The molecule has 0 atom stereocenters. The maximum absolute atomic E-state index is 13.9. The van der Waals surface area contributed by atoms with E-state index in [2.05, 4.69) is 10.1 Å². The minimum atomic E-state index is -4.18. The highest BCUT2D eigenvalue weighted by molar-refractivity contribution is 7.91. The molecule has 0 aliphatic carbocycles. The van der Waals surface area contributed by atoms with Gasteiger partial charge in [-0.05, 0) is 24.3 Å². The molecule has 0 saturated carbocycles. The fourth-order valence-corrected chi connectivity index (χ4v) is 4.05. The summed E-state index contributed by atoms with van der Waals surface area (Å²) >= 11 is 0. The van der Waals surface area contributed by atoms with Gasteiger partial charge in [-0.15, -0.1) is 0 Å². The van der Waals surface area contributed by atoms with E-state index < -0.39 is 31.2 Å². The molecule has 12 nitrogen and oxygen atoms in total. The van der Waals surface area contributed by atoms with E-state index in [4.69, 9.17) is 23.5 Å². The summed E-state index contributed by atoms with van der Waals surface area (Å²) in [6.07, 6.45) is 0.793. The Bertz CT molecular complexity index is 1310. The summed E-state index contributed by atoms with van der Waals surface area (Å²) in [7, 11) is -0.446. The van der Waals surface area contributed by atoms with Crippen molar-refractivity contribution in [1.82, 2.24) is 10.1 Å². The summed E-state index contributed by atoms with van der Waals surface area (Å²) in [4.78, 5) is 14.3. The number of sulfone groups is 1. The van der Waals surface area contributed by atoms with Crippen LogP contribution in [0.5, 0.6) is 17.2 Å². The Morgan fingerprint density at radius 3 is 2.45 bits per heavy atom. The third-order valence-electron chi connectivity index (χ3n) is 4.33. The first-order valence-corrected chi connectivity index (χ1v) is 10.9. The van der Waals surface area contributed by atoms with Gasteiger partial charge >= 0.3 is 5.69 Å². The number of halogens is 1. The van der Waals surface area contributed by atoms with E-state index in [1.54, 1.807) is 0 Å². The number of nitro benzene ring substituents is 1. The molecule has 0 saturated heterocycles. The van der Waals surface area contributed by atoms with Gasteiger partial charge in [-0.2, -0.15) is 4.98 Å². The zero-order valence-corrected chi connectivity index (χ0v) is 18.6. The maximum atomic E-state index is 13.9. The van der Waals surface area contributed by atoms with Gasteiger partial charge in [0.1, 0.15) is 0 Å². The van der Waals surface area contributed by atoms with Crippen LogP contribution in [0.25, 0.3) is 22.8 Å². The molecule has 1 heterocycles. The normalized spacial score (nSPS) is 11.3. The summed E-state index contributed by atoms with van der Waals surface area (Å²) in [6, 6.07) is 4.92. The summed E-state index contributed by atoms with van der Waals surface area (Å²) in [5, 5.41) is 15.5. The molecule has 0 bridgehead atoms. The Balaban J connectivity index is 2.22. The lowest BCUT2D eigenvalue weighted by Gasteiger charge is -2.13. The Morgan fingerprint density at radius 2 is 1.88 bits per heavy atom. The lowest BCUT2D eigenvalue weighted by Crippen LogP contribution is -2.08. The Labute approximate surface area is 186 Å². The van der Waals surface area contributed by atoms with Crippen molar-refractivity contribution in [2.75, 3.05) is 34.4 Å². The zero-order valence-electron chi connectivity index (χ0n) is 17.8. The van der Waals surface area contributed by atoms with Crippen LogP contribution < -0.4 is 14.2 Å². The molecule has 33 heavy (non-hydrogen) atoms. The molecule has 14 heteroatoms. The van der Waals surface area contributed by atoms with Gasteiger partial charge in [-0.25, -0.2) is 12.8 Å². The number of aromatic nitrogens is 2. The van der Waals surface area contributed by atoms with E-state index in [9.17, 15) is 22.9 Å². The minimum absolute atomic E-state index is 0.0517. The molecule has 3 aromatic rings. The lowest BCUT2D eigenvalue weighted by atomic mass is 10.1. The number of nitro groups is 1. The van der Waals surface area contributed by atoms with Crippen LogP contribution in [0.1, 0.15) is 0 Å². The average molecular weight is 483 g/mol. The fraction of sp³-hybridized carbons (Fsp3) is 0.263. The van der Waals surface area contributed by atoms with Crippen LogP contribution in [0.3, 0.4) is 0 Å². The summed E-state index contributed by atoms with van der Waals surface area (Å²) in [5.74, 6) is -1.70. The van der Waals surface area contributed by atoms with Crippen LogP contribution in [-0.2, 0) is 14.6 Å². The van der Waals surface area contributed by atoms with Crippen molar-refractivity contribution in [1.29, 1.82) is 0 Å². The highest BCUT2D eigenvalue weighted by Crippen LogP contribution is 2.47.